The maximum Gasteiger partial charge on any atom is 0.347 e. The van der Waals surface area contributed by atoms with Gasteiger partial charge in [0.05, 0.1) is 10.6 Å². The predicted molar refractivity (Wildman–Crippen MR) is 161 cm³/mol. The minimum atomic E-state index is -3.98. The largest absolute Gasteiger partial charge is 0.477 e. The molecule has 0 aliphatic carbocycles. The molecule has 11 heteroatoms. The van der Waals surface area contributed by atoms with Crippen molar-refractivity contribution >= 4 is 38.4 Å². The molecule has 4 rings (SSSR count). The van der Waals surface area contributed by atoms with Gasteiger partial charge in [0.2, 0.25) is 15.9 Å². The van der Waals surface area contributed by atoms with Gasteiger partial charge in [0.25, 0.3) is 0 Å². The van der Waals surface area contributed by atoms with Crippen LogP contribution in [0.2, 0.25) is 0 Å². The fourth-order valence-corrected chi connectivity index (χ4v) is 7.50. The van der Waals surface area contributed by atoms with Crippen molar-refractivity contribution in [2.45, 2.75) is 70.9 Å². The summed E-state index contributed by atoms with van der Waals surface area (Å²) in [6.45, 7) is 10.6. The Morgan fingerprint density at radius 3 is 2.41 bits per heavy atom. The van der Waals surface area contributed by atoms with Gasteiger partial charge in [0, 0.05) is 26.2 Å². The summed E-state index contributed by atoms with van der Waals surface area (Å²) in [7, 11) is -3.98. The fourth-order valence-electron chi connectivity index (χ4n) is 4.99. The maximum atomic E-state index is 13.8. The molecule has 0 radical (unpaired) electrons. The van der Waals surface area contributed by atoms with Crippen molar-refractivity contribution in [3.63, 3.8) is 0 Å². The van der Waals surface area contributed by atoms with E-state index in [4.69, 9.17) is 0 Å². The number of amides is 1. The van der Waals surface area contributed by atoms with Crippen LogP contribution >= 0.6 is 11.3 Å². The Morgan fingerprint density at radius 1 is 1.12 bits per heavy atom. The molecular weight excluding hydrogens is 560 g/mol. The van der Waals surface area contributed by atoms with Gasteiger partial charge in [-0.25, -0.2) is 18.2 Å². The van der Waals surface area contributed by atoms with Crippen LogP contribution in [0.3, 0.4) is 0 Å². The molecule has 1 aliphatic heterocycles. The van der Waals surface area contributed by atoms with Crippen molar-refractivity contribution in [3.05, 3.63) is 75.3 Å². The number of carbonyl (C=O) groups excluding carboxylic acids is 1. The Balaban J connectivity index is 1.61. The van der Waals surface area contributed by atoms with Gasteiger partial charge in [-0.05, 0) is 60.6 Å². The van der Waals surface area contributed by atoms with E-state index in [2.05, 4.69) is 37.1 Å². The summed E-state index contributed by atoms with van der Waals surface area (Å²) >= 11 is 1.03. The Bertz CT molecular complexity index is 1520. The summed E-state index contributed by atoms with van der Waals surface area (Å²) in [5, 5.41) is 12.9. The number of aryl methyl sites for hydroxylation is 3. The van der Waals surface area contributed by atoms with Crippen LogP contribution in [0.15, 0.2) is 47.4 Å². The molecule has 41 heavy (non-hydrogen) atoms. The zero-order chi connectivity index (χ0) is 29.9. The quantitative estimate of drug-likeness (QED) is 0.346. The second-order valence-electron chi connectivity index (χ2n) is 10.7. The lowest BCUT2D eigenvalue weighted by atomic mass is 9.98. The Kier molecular flexibility index (Phi) is 9.51. The van der Waals surface area contributed by atoms with Crippen molar-refractivity contribution in [3.8, 4) is 0 Å². The van der Waals surface area contributed by atoms with Gasteiger partial charge in [0.15, 0.2) is 5.13 Å². The first-order valence-corrected chi connectivity index (χ1v) is 16.1. The van der Waals surface area contributed by atoms with E-state index in [9.17, 15) is 23.1 Å². The zero-order valence-corrected chi connectivity index (χ0v) is 25.8. The van der Waals surface area contributed by atoms with Crippen LogP contribution in [0, 0.1) is 13.8 Å². The first-order chi connectivity index (χ1) is 19.4. The number of nitrogens with one attached hydrogen (secondary N) is 1. The molecule has 1 amide bonds. The number of aromatic nitrogens is 1. The van der Waals surface area contributed by atoms with Gasteiger partial charge in [0.1, 0.15) is 10.9 Å². The van der Waals surface area contributed by atoms with Crippen molar-refractivity contribution < 1.29 is 23.1 Å². The molecule has 3 aromatic rings. The van der Waals surface area contributed by atoms with Crippen LogP contribution in [0.25, 0.3) is 0 Å². The lowest BCUT2D eigenvalue weighted by Gasteiger charge is -2.39. The first kappa shape index (κ1) is 30.7. The number of thiazole rings is 1. The molecule has 220 valence electrons. The van der Waals surface area contributed by atoms with Crippen molar-refractivity contribution in [2.24, 2.45) is 0 Å². The molecule has 1 atom stereocenters. The molecule has 1 aromatic heterocycles. The van der Waals surface area contributed by atoms with Crippen LogP contribution in [-0.4, -0.2) is 60.4 Å². The summed E-state index contributed by atoms with van der Waals surface area (Å²) in [5.41, 5.74) is 4.66. The monoisotopic (exact) mass is 598 g/mol. The summed E-state index contributed by atoms with van der Waals surface area (Å²) < 4.78 is 28.9. The summed E-state index contributed by atoms with van der Waals surface area (Å²) in [5.74, 6) is -1.09. The first-order valence-electron chi connectivity index (χ1n) is 13.9. The van der Waals surface area contributed by atoms with E-state index < -0.39 is 27.9 Å². The molecule has 0 spiro atoms. The number of aromatic carboxylic acids is 1. The number of hydrogen-bond donors (Lipinski definition) is 2. The van der Waals surface area contributed by atoms with Crippen LogP contribution < -0.4 is 10.2 Å². The fraction of sp³-hybridized carbons (Fsp3) is 0.433. The molecule has 0 saturated carbocycles. The number of carbonyl (C=O) groups is 2. The molecule has 0 bridgehead atoms. The highest BCUT2D eigenvalue weighted by Gasteiger charge is 2.41. The lowest BCUT2D eigenvalue weighted by molar-refractivity contribution is -0.125. The minimum Gasteiger partial charge on any atom is -0.477 e. The Morgan fingerprint density at radius 2 is 1.83 bits per heavy atom. The maximum absolute atomic E-state index is 13.8. The number of piperazine rings is 1. The molecular formula is C30H38N4O5S2. The molecule has 2 aromatic carbocycles. The van der Waals surface area contributed by atoms with Crippen molar-refractivity contribution in [2.75, 3.05) is 24.5 Å². The SMILES string of the molecule is CCCc1ccc(S(=O)(=O)N2CCN(c3nc(C)c(C(=O)O)s3)C[C@@H]2C(=O)NCc2ccc(C(C)C)cc2C)cc1. The average molecular weight is 599 g/mol. The molecule has 9 nitrogen and oxygen atoms in total. The van der Waals surface area contributed by atoms with Gasteiger partial charge in [-0.3, -0.25) is 4.79 Å². The van der Waals surface area contributed by atoms with E-state index in [1.54, 1.807) is 24.0 Å². The van der Waals surface area contributed by atoms with Crippen LogP contribution in [0.4, 0.5) is 5.13 Å². The van der Waals surface area contributed by atoms with Gasteiger partial charge >= 0.3 is 5.97 Å². The summed E-state index contributed by atoms with van der Waals surface area (Å²) in [6, 6.07) is 12.0. The molecule has 1 aliphatic rings. The summed E-state index contributed by atoms with van der Waals surface area (Å²) in [6.07, 6.45) is 1.81. The number of rotatable bonds is 10. The van der Waals surface area contributed by atoms with E-state index in [-0.39, 0.29) is 36.0 Å². The summed E-state index contributed by atoms with van der Waals surface area (Å²) in [4.78, 5) is 31.8. The highest BCUT2D eigenvalue weighted by molar-refractivity contribution is 7.89. The van der Waals surface area contributed by atoms with E-state index in [0.717, 1.165) is 40.9 Å². The smallest absolute Gasteiger partial charge is 0.347 e. The van der Waals surface area contributed by atoms with Crippen molar-refractivity contribution in [1.29, 1.82) is 0 Å². The van der Waals surface area contributed by atoms with E-state index in [0.29, 0.717) is 16.7 Å². The number of anilines is 1. The topological polar surface area (TPSA) is 120 Å². The number of benzene rings is 2. The molecule has 0 unspecified atom stereocenters. The van der Waals surface area contributed by atoms with Gasteiger partial charge < -0.3 is 15.3 Å². The number of sulfonamides is 1. The number of nitrogens with zero attached hydrogens (tertiary/aromatic N) is 3. The second-order valence-corrected chi connectivity index (χ2v) is 13.6. The Labute approximate surface area is 246 Å². The zero-order valence-electron chi connectivity index (χ0n) is 24.2. The highest BCUT2D eigenvalue weighted by atomic mass is 32.2. The highest BCUT2D eigenvalue weighted by Crippen LogP contribution is 2.30. The molecule has 1 saturated heterocycles. The minimum absolute atomic E-state index is 0.0518. The van der Waals surface area contributed by atoms with E-state index in [1.807, 2.05) is 31.2 Å². The van der Waals surface area contributed by atoms with Gasteiger partial charge in [-0.15, -0.1) is 0 Å². The van der Waals surface area contributed by atoms with Crippen LogP contribution in [0.1, 0.15) is 70.7 Å². The number of carboxylic acid groups (broad SMARTS) is 1. The third-order valence-electron chi connectivity index (χ3n) is 7.44. The van der Waals surface area contributed by atoms with E-state index >= 15 is 0 Å². The van der Waals surface area contributed by atoms with Crippen LogP contribution in [-0.2, 0) is 27.8 Å². The average Bonchev–Trinajstić information content (AvgIpc) is 3.34. The molecule has 2 heterocycles. The molecule has 1 fully saturated rings. The van der Waals surface area contributed by atoms with Crippen molar-refractivity contribution in [1.82, 2.24) is 14.6 Å². The Hall–Kier alpha value is -3.28. The van der Waals surface area contributed by atoms with E-state index in [1.165, 1.54) is 9.87 Å². The normalized spacial score (nSPS) is 16.2. The van der Waals surface area contributed by atoms with Gasteiger partial charge in [-0.1, -0.05) is 68.9 Å². The van der Waals surface area contributed by atoms with Crippen LogP contribution in [0.5, 0.6) is 0 Å². The van der Waals surface area contributed by atoms with Gasteiger partial charge in [-0.2, -0.15) is 4.31 Å². The third-order valence-corrected chi connectivity index (χ3v) is 10.6. The number of hydrogen-bond acceptors (Lipinski definition) is 7. The third kappa shape index (κ3) is 6.79. The standard InChI is InChI=1S/C30H38N4O5S2/c1-6-7-22-8-12-25(13-9-22)41(38,39)34-15-14-33(30-32-21(5)27(40-30)29(36)37)18-26(34)28(35)31-17-24-11-10-23(19(2)3)16-20(24)4/h8-13,16,19,26H,6-7,14-15,17-18H2,1-5H3,(H,31,35)(H,36,37)/t26-/m1/s1. The predicted octanol–water partition coefficient (Wildman–Crippen LogP) is 4.73. The second kappa shape index (κ2) is 12.7. The molecule has 2 N–H and O–H groups in total. The lowest BCUT2D eigenvalue weighted by Crippen LogP contribution is -2.60. The number of carboxylic acids is 1.